The summed E-state index contributed by atoms with van der Waals surface area (Å²) in [5.74, 6) is -1.08. The van der Waals surface area contributed by atoms with Gasteiger partial charge in [-0.05, 0) is 109 Å². The molecular formula is C44H64N10O10S3. The largest absolute Gasteiger partial charge is 0.508 e. The van der Waals surface area contributed by atoms with Crippen molar-refractivity contribution < 1.29 is 49.5 Å². The van der Waals surface area contributed by atoms with Crippen LogP contribution in [0.5, 0.6) is 5.75 Å². The number of para-hydroxylation sites is 1. The number of rotatable bonds is 24. The zero-order chi connectivity index (χ0) is 49.7. The van der Waals surface area contributed by atoms with E-state index in [0.717, 1.165) is 27.6 Å². The second-order valence-corrected chi connectivity index (χ2v) is 17.9. The van der Waals surface area contributed by atoms with Crippen molar-refractivity contribution in [3.63, 3.8) is 0 Å². The number of phenolic OH excluding ortho intramolecular Hbond substituents is 1. The number of aromatic nitrogens is 1. The number of thioether (sulfide) groups is 3. The average molecular weight is 989 g/mol. The first-order valence-corrected chi connectivity index (χ1v) is 25.1. The Labute approximate surface area is 402 Å². The molecular weight excluding hydrogens is 925 g/mol. The van der Waals surface area contributed by atoms with E-state index in [4.69, 9.17) is 32.8 Å². The summed E-state index contributed by atoms with van der Waals surface area (Å²) in [6.45, 7) is 0. The number of aromatic amines is 1. The molecule has 0 aliphatic heterocycles. The highest BCUT2D eigenvalue weighted by Gasteiger charge is 2.26. The van der Waals surface area contributed by atoms with Crippen LogP contribution in [-0.2, 0) is 48.0 Å². The van der Waals surface area contributed by atoms with Gasteiger partial charge < -0.3 is 43.2 Å². The number of H-pyrrole nitrogens is 1. The standard InChI is InChI=1S/C16H22N4O3S.C14H21N3O4S.C14H21N3O3S/c1-24-7-6-14(16(22)20-23)19-15(21)12(17)8-10-9-18-13-5-3-2-4-11(10)13;1-22-7-6-12(14(20)17-21)16-13(19)11(15)8-9-2-4-10(18)5-3-9;1-21-8-7-12(14(19)17-20)16-13(18)11(15)9-10-5-3-2-4-6-10/h2-5,9,12,14,18,23H,6-8,17H2,1H3,(H,19,21)(H,20,22);2-5,11-12,18,21H,6-8,15H2,1H3,(H,16,19)(H,17,20);2-6,11-12,20H,7-9,15H2,1H3,(H,16,18)(H,17,19). The maximum Gasteiger partial charge on any atom is 0.265 e. The van der Waals surface area contributed by atoms with Gasteiger partial charge in [0.25, 0.3) is 17.7 Å². The van der Waals surface area contributed by atoms with Crippen LogP contribution in [0.15, 0.2) is 85.1 Å². The van der Waals surface area contributed by atoms with Crippen LogP contribution in [0.25, 0.3) is 10.9 Å². The van der Waals surface area contributed by atoms with Crippen molar-refractivity contribution in [1.29, 1.82) is 0 Å². The molecule has 67 heavy (non-hydrogen) atoms. The van der Waals surface area contributed by atoms with Crippen LogP contribution >= 0.6 is 35.3 Å². The molecule has 1 aromatic heterocycles. The Bertz CT molecular complexity index is 2120. The number of carbonyl (C=O) groups excluding carboxylic acids is 6. The van der Waals surface area contributed by atoms with Crippen molar-refractivity contribution in [3.8, 4) is 5.75 Å². The maximum absolute atomic E-state index is 12.3. The number of hydroxylamine groups is 3. The topological polar surface area (TPSA) is 349 Å². The van der Waals surface area contributed by atoms with Gasteiger partial charge in [0.15, 0.2) is 0 Å². The van der Waals surface area contributed by atoms with Crippen molar-refractivity contribution in [3.05, 3.63) is 102 Å². The van der Waals surface area contributed by atoms with Gasteiger partial charge in [0.05, 0.1) is 18.1 Å². The summed E-state index contributed by atoms with van der Waals surface area (Å²) >= 11 is 4.63. The molecule has 6 atom stereocenters. The van der Waals surface area contributed by atoms with Gasteiger partial charge in [0.2, 0.25) is 17.7 Å². The normalized spacial score (nSPS) is 13.3. The molecule has 3 aromatic carbocycles. The number of amides is 6. The molecule has 0 saturated heterocycles. The number of hydrogen-bond donors (Lipinski definition) is 14. The Kier molecular flexibility index (Phi) is 27.9. The third-order valence-corrected chi connectivity index (χ3v) is 11.8. The lowest BCUT2D eigenvalue weighted by Gasteiger charge is -2.19. The van der Waals surface area contributed by atoms with E-state index in [1.54, 1.807) is 52.1 Å². The number of nitrogens with one attached hydrogen (secondary N) is 7. The molecule has 4 aromatic rings. The van der Waals surface area contributed by atoms with E-state index < -0.39 is 71.7 Å². The van der Waals surface area contributed by atoms with Gasteiger partial charge in [-0.2, -0.15) is 35.3 Å². The molecule has 4 rings (SSSR count). The molecule has 6 amide bonds. The van der Waals surface area contributed by atoms with E-state index in [1.165, 1.54) is 23.9 Å². The summed E-state index contributed by atoms with van der Waals surface area (Å²) < 4.78 is 0. The molecule has 0 bridgehead atoms. The first-order chi connectivity index (χ1) is 32.1. The monoisotopic (exact) mass is 988 g/mol. The fourth-order valence-corrected chi connectivity index (χ4v) is 7.57. The third-order valence-electron chi connectivity index (χ3n) is 9.88. The fourth-order valence-electron chi connectivity index (χ4n) is 6.15. The summed E-state index contributed by atoms with van der Waals surface area (Å²) in [6.07, 6.45) is 9.78. The van der Waals surface area contributed by atoms with Crippen molar-refractivity contribution >= 4 is 81.6 Å². The van der Waals surface area contributed by atoms with E-state index in [2.05, 4.69) is 20.9 Å². The van der Waals surface area contributed by atoms with Crippen molar-refractivity contribution in [1.82, 2.24) is 37.4 Å². The quantitative estimate of drug-likeness (QED) is 0.0345. The second kappa shape index (κ2) is 32.4. The molecule has 0 spiro atoms. The van der Waals surface area contributed by atoms with Gasteiger partial charge in [0, 0.05) is 17.1 Å². The van der Waals surface area contributed by atoms with Crippen LogP contribution in [0.1, 0.15) is 36.0 Å². The number of benzene rings is 3. The predicted octanol–water partition coefficient (Wildman–Crippen LogP) is 1.09. The molecule has 23 heteroatoms. The van der Waals surface area contributed by atoms with Crippen molar-refractivity contribution in [2.24, 2.45) is 17.2 Å². The van der Waals surface area contributed by atoms with Gasteiger partial charge in [-0.1, -0.05) is 60.7 Å². The Morgan fingerprint density at radius 2 is 0.896 bits per heavy atom. The van der Waals surface area contributed by atoms with Gasteiger partial charge in [-0.3, -0.25) is 44.4 Å². The van der Waals surface area contributed by atoms with Crippen LogP contribution in [0, 0.1) is 0 Å². The lowest BCUT2D eigenvalue weighted by molar-refractivity contribution is -0.135. The third kappa shape index (κ3) is 21.4. The smallest absolute Gasteiger partial charge is 0.265 e. The van der Waals surface area contributed by atoms with Crippen LogP contribution in [-0.4, -0.2) is 133 Å². The fraction of sp³-hybridized carbons (Fsp3) is 0.409. The lowest BCUT2D eigenvalue weighted by atomic mass is 10.0. The van der Waals surface area contributed by atoms with E-state index in [1.807, 2.05) is 79.6 Å². The van der Waals surface area contributed by atoms with Crippen LogP contribution in [0.2, 0.25) is 0 Å². The molecule has 20 nitrogen and oxygen atoms in total. The Morgan fingerprint density at radius 1 is 0.522 bits per heavy atom. The molecule has 368 valence electrons. The number of hydrogen-bond acceptors (Lipinski definition) is 16. The molecule has 0 aliphatic rings. The summed E-state index contributed by atoms with van der Waals surface area (Å²) in [5.41, 5.74) is 26.0. The number of fused-ring (bicyclic) bond motifs is 1. The van der Waals surface area contributed by atoms with Crippen molar-refractivity contribution in [2.75, 3.05) is 36.0 Å². The Balaban J connectivity index is 0.000000346. The minimum Gasteiger partial charge on any atom is -0.508 e. The van der Waals surface area contributed by atoms with Gasteiger partial charge in [-0.15, -0.1) is 0 Å². The highest BCUT2D eigenvalue weighted by atomic mass is 32.2. The number of nitrogens with two attached hydrogens (primary N) is 3. The molecule has 0 radical (unpaired) electrons. The number of aromatic hydroxyl groups is 1. The summed E-state index contributed by atoms with van der Waals surface area (Å²) in [4.78, 5) is 74.2. The average Bonchev–Trinajstić information content (AvgIpc) is 3.75. The van der Waals surface area contributed by atoms with Gasteiger partial charge in [-0.25, -0.2) is 16.4 Å². The molecule has 0 aliphatic carbocycles. The first kappa shape index (κ1) is 57.8. The molecule has 1 heterocycles. The van der Waals surface area contributed by atoms with E-state index in [0.29, 0.717) is 49.4 Å². The summed E-state index contributed by atoms with van der Waals surface area (Å²) in [6, 6.07) is 18.8. The highest BCUT2D eigenvalue weighted by molar-refractivity contribution is 7.98. The first-order valence-electron chi connectivity index (χ1n) is 21.0. The van der Waals surface area contributed by atoms with Gasteiger partial charge in [0.1, 0.15) is 23.9 Å². The van der Waals surface area contributed by atoms with Crippen LogP contribution in [0.3, 0.4) is 0 Å². The maximum atomic E-state index is 12.3. The summed E-state index contributed by atoms with van der Waals surface area (Å²) in [5, 5.41) is 44.1. The highest BCUT2D eigenvalue weighted by Crippen LogP contribution is 2.19. The molecule has 6 unspecified atom stereocenters. The van der Waals surface area contributed by atoms with Gasteiger partial charge >= 0.3 is 0 Å². The number of phenols is 1. The van der Waals surface area contributed by atoms with E-state index in [9.17, 15) is 33.9 Å². The SMILES string of the molecule is CSCCC(NC(=O)C(N)Cc1c[nH]c2ccccc12)C(=O)NO.CSCCC(NC(=O)C(N)Cc1ccc(O)cc1)C(=O)NO.CSCCC(NC(=O)C(N)Cc1ccccc1)C(=O)NO. The molecule has 0 fully saturated rings. The Hall–Kier alpha value is -5.37. The zero-order valence-electron chi connectivity index (χ0n) is 37.6. The minimum atomic E-state index is -0.826. The zero-order valence-corrected chi connectivity index (χ0v) is 40.1. The molecule has 17 N–H and O–H groups in total. The van der Waals surface area contributed by atoms with E-state index in [-0.39, 0.29) is 12.2 Å². The Morgan fingerprint density at radius 3 is 1.30 bits per heavy atom. The van der Waals surface area contributed by atoms with E-state index >= 15 is 0 Å². The molecule has 0 saturated carbocycles. The predicted molar refractivity (Wildman–Crippen MR) is 262 cm³/mol. The van der Waals surface area contributed by atoms with Crippen molar-refractivity contribution in [2.45, 2.75) is 74.8 Å². The van der Waals surface area contributed by atoms with Crippen LogP contribution < -0.4 is 49.6 Å². The minimum absolute atomic E-state index is 0.138. The summed E-state index contributed by atoms with van der Waals surface area (Å²) in [7, 11) is 0. The second-order valence-electron chi connectivity index (χ2n) is 14.9. The number of carbonyl (C=O) groups is 6. The lowest BCUT2D eigenvalue weighted by Crippen LogP contribution is -2.51. The van der Waals surface area contributed by atoms with Crippen LogP contribution in [0.4, 0.5) is 0 Å².